The molecule has 0 aliphatic carbocycles. The molecule has 0 aromatic heterocycles. The molecular weight excluding hydrogens is 207 g/mol. The molecule has 1 heterocycles. The lowest BCUT2D eigenvalue weighted by Crippen LogP contribution is -2.39. The van der Waals surface area contributed by atoms with Gasteiger partial charge in [-0.05, 0) is 37.2 Å². The Morgan fingerprint density at radius 3 is 3.00 bits per heavy atom. The summed E-state index contributed by atoms with van der Waals surface area (Å²) in [6.45, 7) is 1.37. The average Bonchev–Trinajstić information content (AvgIpc) is 2.28. The van der Waals surface area contributed by atoms with Crippen molar-refractivity contribution in [1.29, 1.82) is 0 Å². The fraction of sp³-hybridized carbons (Fsp3) is 0.417. The minimum atomic E-state index is -0.235. The molecule has 1 amide bonds. The van der Waals surface area contributed by atoms with E-state index in [2.05, 4.69) is 5.32 Å². The largest absolute Gasteiger partial charge is 0.318 e. The maximum absolute atomic E-state index is 13.1. The third kappa shape index (κ3) is 2.07. The molecular formula is C12H15FN2O. The first-order valence-electron chi connectivity index (χ1n) is 5.46. The molecule has 0 spiro atoms. The van der Waals surface area contributed by atoms with Gasteiger partial charge in [-0.25, -0.2) is 4.39 Å². The third-order valence-electron chi connectivity index (χ3n) is 2.83. The van der Waals surface area contributed by atoms with Crippen LogP contribution in [0.2, 0.25) is 0 Å². The molecule has 86 valence electrons. The molecule has 1 aliphatic rings. The lowest BCUT2D eigenvalue weighted by atomic mass is 10.0. The molecule has 0 fully saturated rings. The summed E-state index contributed by atoms with van der Waals surface area (Å²) in [6.07, 6.45) is 1.11. The highest BCUT2D eigenvalue weighted by Crippen LogP contribution is 2.27. The number of hydrogen-bond acceptors (Lipinski definition) is 2. The smallest absolute Gasteiger partial charge is 0.227 e. The van der Waals surface area contributed by atoms with Crippen molar-refractivity contribution < 1.29 is 9.18 Å². The Bertz CT molecular complexity index is 406. The summed E-state index contributed by atoms with van der Waals surface area (Å²) in [5.74, 6) is -0.115. The van der Waals surface area contributed by atoms with Crippen LogP contribution in [0.4, 0.5) is 10.1 Å². The molecule has 0 radical (unpaired) electrons. The van der Waals surface area contributed by atoms with Gasteiger partial charge in [0.2, 0.25) is 5.91 Å². The molecule has 1 aromatic carbocycles. The van der Waals surface area contributed by atoms with Crippen molar-refractivity contribution in [2.45, 2.75) is 12.8 Å². The van der Waals surface area contributed by atoms with Gasteiger partial charge < -0.3 is 10.2 Å². The van der Waals surface area contributed by atoms with Crippen LogP contribution in [0.1, 0.15) is 12.0 Å². The highest BCUT2D eigenvalue weighted by atomic mass is 19.1. The van der Waals surface area contributed by atoms with Crippen LogP contribution in [0.25, 0.3) is 0 Å². The summed E-state index contributed by atoms with van der Waals surface area (Å²) in [7, 11) is 1.85. The molecule has 0 atom stereocenters. The number of benzene rings is 1. The fourth-order valence-corrected chi connectivity index (χ4v) is 2.00. The van der Waals surface area contributed by atoms with Gasteiger partial charge >= 0.3 is 0 Å². The second kappa shape index (κ2) is 4.61. The molecule has 16 heavy (non-hydrogen) atoms. The van der Waals surface area contributed by atoms with Crippen LogP contribution >= 0.6 is 0 Å². The minimum Gasteiger partial charge on any atom is -0.318 e. The van der Waals surface area contributed by atoms with E-state index < -0.39 is 0 Å². The second-order valence-electron chi connectivity index (χ2n) is 3.92. The number of nitrogens with one attached hydrogen (secondary N) is 1. The second-order valence-corrected chi connectivity index (χ2v) is 3.92. The lowest BCUT2D eigenvalue weighted by Gasteiger charge is -2.29. The molecule has 0 unspecified atom stereocenters. The van der Waals surface area contributed by atoms with Gasteiger partial charge in [0, 0.05) is 25.2 Å². The van der Waals surface area contributed by atoms with E-state index in [1.807, 2.05) is 7.05 Å². The first-order chi connectivity index (χ1) is 7.72. The van der Waals surface area contributed by atoms with E-state index >= 15 is 0 Å². The van der Waals surface area contributed by atoms with Crippen LogP contribution in [0, 0.1) is 5.82 Å². The highest BCUT2D eigenvalue weighted by Gasteiger charge is 2.23. The quantitative estimate of drug-likeness (QED) is 0.836. The monoisotopic (exact) mass is 222 g/mol. The van der Waals surface area contributed by atoms with E-state index in [9.17, 15) is 9.18 Å². The standard InChI is InChI=1S/C12H15FN2O/c1-14-6-7-15-11-4-3-10(13)8-9(11)2-5-12(15)16/h3-4,8,14H,2,5-7H2,1H3. The number of aryl methyl sites for hydroxylation is 1. The number of nitrogens with zero attached hydrogens (tertiary/aromatic N) is 1. The lowest BCUT2D eigenvalue weighted by molar-refractivity contribution is -0.118. The summed E-state index contributed by atoms with van der Waals surface area (Å²) < 4.78 is 13.1. The number of rotatable bonds is 3. The number of carbonyl (C=O) groups excluding carboxylic acids is 1. The van der Waals surface area contributed by atoms with Crippen LogP contribution in [-0.2, 0) is 11.2 Å². The molecule has 0 bridgehead atoms. The van der Waals surface area contributed by atoms with E-state index in [0.29, 0.717) is 19.4 Å². The van der Waals surface area contributed by atoms with Crippen molar-refractivity contribution in [3.63, 3.8) is 0 Å². The van der Waals surface area contributed by atoms with Gasteiger partial charge in [0.25, 0.3) is 0 Å². The van der Waals surface area contributed by atoms with Gasteiger partial charge in [-0.1, -0.05) is 0 Å². The van der Waals surface area contributed by atoms with Gasteiger partial charge in [-0.15, -0.1) is 0 Å². The zero-order chi connectivity index (χ0) is 11.5. The Morgan fingerprint density at radius 2 is 2.25 bits per heavy atom. The zero-order valence-corrected chi connectivity index (χ0v) is 9.29. The van der Waals surface area contributed by atoms with Crippen molar-refractivity contribution in [3.8, 4) is 0 Å². The maximum atomic E-state index is 13.1. The molecule has 2 rings (SSSR count). The maximum Gasteiger partial charge on any atom is 0.227 e. The number of fused-ring (bicyclic) bond motifs is 1. The number of likely N-dealkylation sites (N-methyl/N-ethyl adjacent to an activating group) is 1. The molecule has 1 N–H and O–H groups in total. The van der Waals surface area contributed by atoms with Crippen molar-refractivity contribution >= 4 is 11.6 Å². The zero-order valence-electron chi connectivity index (χ0n) is 9.29. The Kier molecular flexibility index (Phi) is 3.19. The highest BCUT2D eigenvalue weighted by molar-refractivity contribution is 5.96. The number of hydrogen-bond donors (Lipinski definition) is 1. The Labute approximate surface area is 94.3 Å². The molecule has 0 saturated heterocycles. The molecule has 0 saturated carbocycles. The Hall–Kier alpha value is -1.42. The van der Waals surface area contributed by atoms with Crippen LogP contribution in [0.3, 0.4) is 0 Å². The van der Waals surface area contributed by atoms with Gasteiger partial charge in [0.05, 0.1) is 0 Å². The summed E-state index contributed by atoms with van der Waals surface area (Å²) in [6, 6.07) is 4.62. The summed E-state index contributed by atoms with van der Waals surface area (Å²) >= 11 is 0. The normalized spacial score (nSPS) is 15.1. The van der Waals surface area contributed by atoms with Gasteiger partial charge in [-0.3, -0.25) is 4.79 Å². The van der Waals surface area contributed by atoms with E-state index in [1.54, 1.807) is 11.0 Å². The molecule has 4 heteroatoms. The number of anilines is 1. The Morgan fingerprint density at radius 1 is 1.44 bits per heavy atom. The van der Waals surface area contributed by atoms with Crippen molar-refractivity contribution in [1.82, 2.24) is 5.32 Å². The summed E-state index contributed by atoms with van der Waals surface area (Å²) in [5.41, 5.74) is 1.78. The fourth-order valence-electron chi connectivity index (χ4n) is 2.00. The number of amides is 1. The number of carbonyl (C=O) groups is 1. The van der Waals surface area contributed by atoms with E-state index in [-0.39, 0.29) is 11.7 Å². The van der Waals surface area contributed by atoms with Gasteiger partial charge in [0.1, 0.15) is 5.82 Å². The first-order valence-corrected chi connectivity index (χ1v) is 5.46. The third-order valence-corrected chi connectivity index (χ3v) is 2.83. The van der Waals surface area contributed by atoms with Gasteiger partial charge in [-0.2, -0.15) is 0 Å². The molecule has 1 aliphatic heterocycles. The van der Waals surface area contributed by atoms with E-state index in [4.69, 9.17) is 0 Å². The summed E-state index contributed by atoms with van der Waals surface area (Å²) in [5, 5.41) is 3.01. The van der Waals surface area contributed by atoms with Crippen molar-refractivity contribution in [2.24, 2.45) is 0 Å². The van der Waals surface area contributed by atoms with E-state index in [0.717, 1.165) is 17.8 Å². The van der Waals surface area contributed by atoms with Crippen LogP contribution in [0.5, 0.6) is 0 Å². The average molecular weight is 222 g/mol. The predicted octanol–water partition coefficient (Wildman–Crippen LogP) is 1.32. The van der Waals surface area contributed by atoms with E-state index in [1.165, 1.54) is 12.1 Å². The Balaban J connectivity index is 2.29. The van der Waals surface area contributed by atoms with Crippen LogP contribution in [-0.4, -0.2) is 26.0 Å². The summed E-state index contributed by atoms with van der Waals surface area (Å²) in [4.78, 5) is 13.5. The predicted molar refractivity (Wildman–Crippen MR) is 61.0 cm³/mol. The number of halogens is 1. The SMILES string of the molecule is CNCCN1C(=O)CCc2cc(F)ccc21. The van der Waals surface area contributed by atoms with Crippen LogP contribution < -0.4 is 10.2 Å². The van der Waals surface area contributed by atoms with Gasteiger partial charge in [0.15, 0.2) is 0 Å². The van der Waals surface area contributed by atoms with Crippen molar-refractivity contribution in [2.75, 3.05) is 25.0 Å². The minimum absolute atomic E-state index is 0.120. The molecule has 3 nitrogen and oxygen atoms in total. The first kappa shape index (κ1) is 11.1. The van der Waals surface area contributed by atoms with Crippen molar-refractivity contribution in [3.05, 3.63) is 29.6 Å². The van der Waals surface area contributed by atoms with Crippen LogP contribution in [0.15, 0.2) is 18.2 Å². The topological polar surface area (TPSA) is 32.3 Å². The molecule has 1 aromatic rings.